The normalized spacial score (nSPS) is 31.9. The minimum Gasteiger partial charge on any atom is -0.459 e. The number of ether oxygens (including phenoxy) is 2. The Bertz CT molecular complexity index is 708. The average Bonchev–Trinajstić information content (AvgIpc) is 3.04. The molecule has 1 aromatic rings. The van der Waals surface area contributed by atoms with Crippen molar-refractivity contribution in [3.8, 4) is 0 Å². The summed E-state index contributed by atoms with van der Waals surface area (Å²) in [5.41, 5.74) is 4.32. The standard InChI is InChI=1S/C18H27N3O4S/c1-10(2)12-5-4-11(3)8-13(12)24-16(22)17-25-15(9-26-17)21-7-6-14(19)20-18(21)23/h6-7,10-13,15,17H,4-5,8-9H2,1-3H3,(H2,19,20,23)/t11-,12+,13+,15-,17+/m0/s1. The number of esters is 1. The van der Waals surface area contributed by atoms with Crippen LogP contribution in [0.4, 0.5) is 5.82 Å². The van der Waals surface area contributed by atoms with Gasteiger partial charge in [0, 0.05) is 11.9 Å². The van der Waals surface area contributed by atoms with Crippen molar-refractivity contribution >= 4 is 23.5 Å². The van der Waals surface area contributed by atoms with Crippen molar-refractivity contribution in [1.29, 1.82) is 0 Å². The molecule has 2 aliphatic rings. The molecule has 1 aliphatic carbocycles. The minimum absolute atomic E-state index is 0.0598. The van der Waals surface area contributed by atoms with Crippen LogP contribution in [0.2, 0.25) is 0 Å². The van der Waals surface area contributed by atoms with Crippen LogP contribution in [0.15, 0.2) is 17.1 Å². The van der Waals surface area contributed by atoms with Gasteiger partial charge >= 0.3 is 11.7 Å². The molecule has 0 radical (unpaired) electrons. The summed E-state index contributed by atoms with van der Waals surface area (Å²) in [5, 5.41) is 0. The van der Waals surface area contributed by atoms with E-state index in [1.54, 1.807) is 6.20 Å². The van der Waals surface area contributed by atoms with Crippen molar-refractivity contribution in [2.45, 2.75) is 57.8 Å². The summed E-state index contributed by atoms with van der Waals surface area (Å²) >= 11 is 1.35. The lowest BCUT2D eigenvalue weighted by Crippen LogP contribution is -2.38. The molecule has 5 atom stereocenters. The van der Waals surface area contributed by atoms with Gasteiger partial charge in [0.15, 0.2) is 0 Å². The second-order valence-corrected chi connectivity index (χ2v) is 8.69. The van der Waals surface area contributed by atoms with Crippen molar-refractivity contribution < 1.29 is 14.3 Å². The molecule has 7 nitrogen and oxygen atoms in total. The van der Waals surface area contributed by atoms with E-state index in [0.29, 0.717) is 23.5 Å². The number of carbonyl (C=O) groups excluding carboxylic acids is 1. The molecule has 26 heavy (non-hydrogen) atoms. The van der Waals surface area contributed by atoms with E-state index in [1.165, 1.54) is 28.8 Å². The number of nitrogens with zero attached hydrogens (tertiary/aromatic N) is 2. The Hall–Kier alpha value is -1.54. The molecule has 3 rings (SSSR count). The molecule has 0 aromatic carbocycles. The third-order valence-corrected chi connectivity index (χ3v) is 6.34. The second kappa shape index (κ2) is 8.00. The second-order valence-electron chi connectivity index (χ2n) is 7.60. The van der Waals surface area contributed by atoms with Crippen LogP contribution in [-0.4, -0.2) is 32.8 Å². The number of hydrogen-bond acceptors (Lipinski definition) is 7. The van der Waals surface area contributed by atoms with E-state index < -0.39 is 17.4 Å². The molecule has 2 heterocycles. The van der Waals surface area contributed by atoms with Gasteiger partial charge in [-0.25, -0.2) is 9.59 Å². The Morgan fingerprint density at radius 3 is 2.92 bits per heavy atom. The number of anilines is 1. The van der Waals surface area contributed by atoms with Gasteiger partial charge in [-0.1, -0.05) is 27.2 Å². The first-order valence-electron chi connectivity index (χ1n) is 9.17. The molecule has 0 spiro atoms. The summed E-state index contributed by atoms with van der Waals surface area (Å²) in [7, 11) is 0. The fourth-order valence-corrected chi connectivity index (χ4v) is 4.74. The van der Waals surface area contributed by atoms with E-state index in [1.807, 2.05) is 0 Å². The maximum atomic E-state index is 12.6. The predicted octanol–water partition coefficient (Wildman–Crippen LogP) is 2.42. The molecule has 0 amide bonds. The van der Waals surface area contributed by atoms with Crippen molar-refractivity contribution in [3.05, 3.63) is 22.7 Å². The molecule has 144 valence electrons. The molecular weight excluding hydrogens is 354 g/mol. The van der Waals surface area contributed by atoms with E-state index in [2.05, 4.69) is 25.8 Å². The van der Waals surface area contributed by atoms with E-state index in [4.69, 9.17) is 15.2 Å². The Labute approximate surface area is 157 Å². The first-order chi connectivity index (χ1) is 12.3. The van der Waals surface area contributed by atoms with Gasteiger partial charge in [-0.15, -0.1) is 11.8 Å². The van der Waals surface area contributed by atoms with Gasteiger partial charge in [0.05, 0.1) is 0 Å². The van der Waals surface area contributed by atoms with Crippen molar-refractivity contribution in [2.24, 2.45) is 17.8 Å². The Morgan fingerprint density at radius 2 is 2.23 bits per heavy atom. The van der Waals surface area contributed by atoms with Crippen LogP contribution in [0.5, 0.6) is 0 Å². The molecule has 1 aliphatic heterocycles. The lowest BCUT2D eigenvalue weighted by atomic mass is 9.75. The minimum atomic E-state index is -0.713. The summed E-state index contributed by atoms with van der Waals surface area (Å²) in [6.07, 6.45) is 4.11. The number of thioether (sulfide) groups is 1. The van der Waals surface area contributed by atoms with Gasteiger partial charge < -0.3 is 15.2 Å². The number of nitrogens with two attached hydrogens (primary N) is 1. The molecule has 1 aromatic heterocycles. The summed E-state index contributed by atoms with van der Waals surface area (Å²) < 4.78 is 13.0. The van der Waals surface area contributed by atoms with Crippen LogP contribution >= 0.6 is 11.8 Å². The van der Waals surface area contributed by atoms with E-state index in [9.17, 15) is 9.59 Å². The van der Waals surface area contributed by atoms with Gasteiger partial charge in [0.25, 0.3) is 0 Å². The van der Waals surface area contributed by atoms with Gasteiger partial charge in [0.1, 0.15) is 18.1 Å². The maximum absolute atomic E-state index is 12.6. The molecular formula is C18H27N3O4S. The highest BCUT2D eigenvalue weighted by atomic mass is 32.2. The zero-order valence-electron chi connectivity index (χ0n) is 15.5. The molecule has 0 unspecified atom stereocenters. The van der Waals surface area contributed by atoms with Crippen LogP contribution < -0.4 is 11.4 Å². The lowest BCUT2D eigenvalue weighted by molar-refractivity contribution is -0.166. The molecule has 8 heteroatoms. The third-order valence-electron chi connectivity index (χ3n) is 5.25. The summed E-state index contributed by atoms with van der Waals surface area (Å²) in [4.78, 5) is 28.3. The largest absolute Gasteiger partial charge is 0.459 e. The SMILES string of the molecule is CC(C)[C@H]1CC[C@H](C)C[C@H]1OC(=O)[C@@H]1O[C@H](n2ccc(N)nc2=O)CS1. The zero-order valence-corrected chi connectivity index (χ0v) is 16.3. The fraction of sp³-hybridized carbons (Fsp3) is 0.722. The highest BCUT2D eigenvalue weighted by molar-refractivity contribution is 8.00. The monoisotopic (exact) mass is 381 g/mol. The van der Waals surface area contributed by atoms with Crippen LogP contribution in [0.1, 0.15) is 46.3 Å². The number of carbonyl (C=O) groups is 1. The Kier molecular flexibility index (Phi) is 5.92. The third kappa shape index (κ3) is 4.23. The fourth-order valence-electron chi connectivity index (χ4n) is 3.76. The molecule has 2 N–H and O–H groups in total. The highest BCUT2D eigenvalue weighted by Gasteiger charge is 2.38. The van der Waals surface area contributed by atoms with Crippen LogP contribution in [0.3, 0.4) is 0 Å². The Balaban J connectivity index is 1.63. The summed E-state index contributed by atoms with van der Waals surface area (Å²) in [6.45, 7) is 6.56. The van der Waals surface area contributed by atoms with Crippen molar-refractivity contribution in [3.63, 3.8) is 0 Å². The number of hydrogen-bond donors (Lipinski definition) is 1. The predicted molar refractivity (Wildman–Crippen MR) is 101 cm³/mol. The van der Waals surface area contributed by atoms with Crippen molar-refractivity contribution in [1.82, 2.24) is 9.55 Å². The van der Waals surface area contributed by atoms with Gasteiger partial charge in [-0.05, 0) is 36.7 Å². The number of nitrogen functional groups attached to an aromatic ring is 1. The first kappa shape index (κ1) is 19.2. The first-order valence-corrected chi connectivity index (χ1v) is 10.2. The average molecular weight is 381 g/mol. The number of aromatic nitrogens is 2. The van der Waals surface area contributed by atoms with Crippen LogP contribution in [0, 0.1) is 17.8 Å². The topological polar surface area (TPSA) is 96.4 Å². The van der Waals surface area contributed by atoms with Crippen LogP contribution in [-0.2, 0) is 14.3 Å². The van der Waals surface area contributed by atoms with Gasteiger partial charge in [-0.3, -0.25) is 4.57 Å². The van der Waals surface area contributed by atoms with E-state index >= 15 is 0 Å². The molecule has 2 fully saturated rings. The molecule has 1 saturated carbocycles. The maximum Gasteiger partial charge on any atom is 0.351 e. The highest BCUT2D eigenvalue weighted by Crippen LogP contribution is 2.37. The van der Waals surface area contributed by atoms with Crippen molar-refractivity contribution in [2.75, 3.05) is 11.5 Å². The van der Waals surface area contributed by atoms with E-state index in [-0.39, 0.29) is 17.9 Å². The lowest BCUT2D eigenvalue weighted by Gasteiger charge is -2.37. The van der Waals surface area contributed by atoms with Gasteiger partial charge in [0.2, 0.25) is 5.44 Å². The molecule has 1 saturated heterocycles. The van der Waals surface area contributed by atoms with Crippen LogP contribution in [0.25, 0.3) is 0 Å². The smallest absolute Gasteiger partial charge is 0.351 e. The quantitative estimate of drug-likeness (QED) is 0.800. The summed E-state index contributed by atoms with van der Waals surface area (Å²) in [6, 6.07) is 1.54. The number of rotatable bonds is 4. The summed E-state index contributed by atoms with van der Waals surface area (Å²) in [5.74, 6) is 1.73. The Morgan fingerprint density at radius 1 is 1.46 bits per heavy atom. The zero-order chi connectivity index (χ0) is 18.8. The van der Waals surface area contributed by atoms with Gasteiger partial charge in [-0.2, -0.15) is 4.98 Å². The van der Waals surface area contributed by atoms with E-state index in [0.717, 1.165) is 12.8 Å². The molecule has 0 bridgehead atoms.